The Morgan fingerprint density at radius 1 is 1.59 bits per heavy atom. The van der Waals surface area contributed by atoms with Crippen molar-refractivity contribution in [3.05, 3.63) is 42.0 Å². The van der Waals surface area contributed by atoms with Crippen molar-refractivity contribution in [2.24, 2.45) is 10.8 Å². The standard InChI is InChI=1S/C12H15N3O2/c1-9(2)8-17-11-6-4-3-5-10(11)7-14-15-12(13)16/h3-7H,1,8H2,2H3,(H3,13,15,16). The van der Waals surface area contributed by atoms with Gasteiger partial charge in [0.25, 0.3) is 0 Å². The van der Waals surface area contributed by atoms with Crippen LogP contribution in [0.15, 0.2) is 41.5 Å². The van der Waals surface area contributed by atoms with Gasteiger partial charge in [0.05, 0.1) is 6.21 Å². The number of urea groups is 1. The van der Waals surface area contributed by atoms with Gasteiger partial charge in [-0.05, 0) is 24.6 Å². The monoisotopic (exact) mass is 233 g/mol. The van der Waals surface area contributed by atoms with Gasteiger partial charge in [-0.2, -0.15) is 5.10 Å². The van der Waals surface area contributed by atoms with E-state index in [1.165, 1.54) is 6.21 Å². The minimum Gasteiger partial charge on any atom is -0.489 e. The van der Waals surface area contributed by atoms with Gasteiger partial charge in [0.2, 0.25) is 0 Å². The highest BCUT2D eigenvalue weighted by Crippen LogP contribution is 2.16. The number of nitrogens with zero attached hydrogens (tertiary/aromatic N) is 1. The lowest BCUT2D eigenvalue weighted by Gasteiger charge is -2.08. The van der Waals surface area contributed by atoms with Gasteiger partial charge in [-0.3, -0.25) is 0 Å². The second-order valence-electron chi connectivity index (χ2n) is 3.52. The lowest BCUT2D eigenvalue weighted by Crippen LogP contribution is -2.24. The highest BCUT2D eigenvalue weighted by molar-refractivity contribution is 5.84. The minimum absolute atomic E-state index is 0.439. The zero-order valence-corrected chi connectivity index (χ0v) is 9.64. The van der Waals surface area contributed by atoms with Crippen LogP contribution in [0.2, 0.25) is 0 Å². The molecule has 5 nitrogen and oxygen atoms in total. The van der Waals surface area contributed by atoms with Gasteiger partial charge in [0, 0.05) is 5.56 Å². The predicted molar refractivity (Wildman–Crippen MR) is 67.1 cm³/mol. The first-order chi connectivity index (χ1) is 8.09. The maximum Gasteiger partial charge on any atom is 0.332 e. The minimum atomic E-state index is -0.707. The molecule has 0 atom stereocenters. The molecule has 0 saturated carbocycles. The van der Waals surface area contributed by atoms with Crippen LogP contribution in [0.5, 0.6) is 5.75 Å². The quantitative estimate of drug-likeness (QED) is 0.461. The van der Waals surface area contributed by atoms with E-state index in [0.29, 0.717) is 12.4 Å². The largest absolute Gasteiger partial charge is 0.489 e. The van der Waals surface area contributed by atoms with Gasteiger partial charge in [-0.25, -0.2) is 10.2 Å². The summed E-state index contributed by atoms with van der Waals surface area (Å²) in [4.78, 5) is 10.4. The number of benzene rings is 1. The molecule has 0 radical (unpaired) electrons. The molecular weight excluding hydrogens is 218 g/mol. The summed E-state index contributed by atoms with van der Waals surface area (Å²) in [6.45, 7) is 6.07. The van der Waals surface area contributed by atoms with Crippen molar-refractivity contribution in [1.29, 1.82) is 0 Å². The smallest absolute Gasteiger partial charge is 0.332 e. The number of ether oxygens (including phenoxy) is 1. The van der Waals surface area contributed by atoms with E-state index in [0.717, 1.165) is 11.1 Å². The van der Waals surface area contributed by atoms with Crippen LogP contribution >= 0.6 is 0 Å². The molecule has 0 spiro atoms. The van der Waals surface area contributed by atoms with E-state index >= 15 is 0 Å². The van der Waals surface area contributed by atoms with E-state index in [9.17, 15) is 4.79 Å². The van der Waals surface area contributed by atoms with E-state index in [2.05, 4.69) is 17.1 Å². The summed E-state index contributed by atoms with van der Waals surface area (Å²) >= 11 is 0. The number of rotatable bonds is 5. The molecule has 17 heavy (non-hydrogen) atoms. The van der Waals surface area contributed by atoms with Crippen LogP contribution in [0.25, 0.3) is 0 Å². The highest BCUT2D eigenvalue weighted by atomic mass is 16.5. The molecule has 1 aromatic rings. The summed E-state index contributed by atoms with van der Waals surface area (Å²) < 4.78 is 5.52. The van der Waals surface area contributed by atoms with Crippen molar-refractivity contribution < 1.29 is 9.53 Å². The Hall–Kier alpha value is -2.30. The van der Waals surface area contributed by atoms with E-state index in [-0.39, 0.29) is 0 Å². The molecule has 1 aromatic carbocycles. The molecule has 0 unspecified atom stereocenters. The third-order valence-corrected chi connectivity index (χ3v) is 1.77. The molecular formula is C12H15N3O2. The molecule has 0 fully saturated rings. The molecule has 2 amide bonds. The van der Waals surface area contributed by atoms with Crippen LogP contribution in [-0.2, 0) is 0 Å². The Morgan fingerprint density at radius 3 is 2.94 bits per heavy atom. The number of amides is 2. The number of carbonyl (C=O) groups excluding carboxylic acids is 1. The Balaban J connectivity index is 2.73. The van der Waals surface area contributed by atoms with Gasteiger partial charge in [-0.1, -0.05) is 18.7 Å². The fourth-order valence-corrected chi connectivity index (χ4v) is 1.09. The van der Waals surface area contributed by atoms with Crippen LogP contribution in [0.3, 0.4) is 0 Å². The molecule has 90 valence electrons. The Kier molecular flexibility index (Phi) is 4.75. The average molecular weight is 233 g/mol. The fourth-order valence-electron chi connectivity index (χ4n) is 1.09. The second-order valence-corrected chi connectivity index (χ2v) is 3.52. The molecule has 3 N–H and O–H groups in total. The van der Waals surface area contributed by atoms with E-state index in [1.807, 2.05) is 31.2 Å². The van der Waals surface area contributed by atoms with Gasteiger partial charge < -0.3 is 10.5 Å². The number of nitrogens with one attached hydrogen (secondary N) is 1. The summed E-state index contributed by atoms with van der Waals surface area (Å²) in [5.74, 6) is 0.672. The van der Waals surface area contributed by atoms with Crippen molar-refractivity contribution in [1.82, 2.24) is 5.43 Å². The van der Waals surface area contributed by atoms with Crippen LogP contribution in [-0.4, -0.2) is 18.9 Å². The van der Waals surface area contributed by atoms with Crippen LogP contribution in [0.1, 0.15) is 12.5 Å². The first-order valence-corrected chi connectivity index (χ1v) is 5.04. The first kappa shape index (κ1) is 12.8. The van der Waals surface area contributed by atoms with Crippen molar-refractivity contribution >= 4 is 12.2 Å². The number of carbonyl (C=O) groups is 1. The molecule has 0 heterocycles. The van der Waals surface area contributed by atoms with Crippen molar-refractivity contribution in [2.75, 3.05) is 6.61 Å². The lowest BCUT2D eigenvalue weighted by molar-refractivity contribution is 0.249. The van der Waals surface area contributed by atoms with Crippen molar-refractivity contribution in [3.8, 4) is 5.75 Å². The number of para-hydroxylation sites is 1. The van der Waals surface area contributed by atoms with Crippen LogP contribution in [0.4, 0.5) is 4.79 Å². The number of hydrogen-bond acceptors (Lipinski definition) is 3. The number of hydrazone groups is 1. The number of hydrogen-bond donors (Lipinski definition) is 2. The van der Waals surface area contributed by atoms with E-state index < -0.39 is 6.03 Å². The number of nitrogens with two attached hydrogens (primary N) is 1. The summed E-state index contributed by atoms with van der Waals surface area (Å²) in [7, 11) is 0. The molecule has 5 heteroatoms. The molecule has 0 aromatic heterocycles. The molecule has 0 aliphatic rings. The normalized spacial score (nSPS) is 10.2. The first-order valence-electron chi connectivity index (χ1n) is 5.04. The Bertz CT molecular complexity index is 441. The summed E-state index contributed by atoms with van der Waals surface area (Å²) in [5, 5.41) is 3.68. The maximum absolute atomic E-state index is 10.4. The van der Waals surface area contributed by atoms with Gasteiger partial charge in [-0.15, -0.1) is 0 Å². The fraction of sp³-hybridized carbons (Fsp3) is 0.167. The SMILES string of the molecule is C=C(C)COc1ccccc1C=NNC(N)=O. The van der Waals surface area contributed by atoms with E-state index in [4.69, 9.17) is 10.5 Å². The highest BCUT2D eigenvalue weighted by Gasteiger charge is 2.00. The Labute approximate surface area is 100.0 Å². The zero-order valence-electron chi connectivity index (χ0n) is 9.64. The molecule has 0 saturated heterocycles. The van der Waals surface area contributed by atoms with Gasteiger partial charge >= 0.3 is 6.03 Å². The van der Waals surface area contributed by atoms with Gasteiger partial charge in [0.1, 0.15) is 12.4 Å². The molecule has 0 aliphatic heterocycles. The number of primary amides is 1. The zero-order chi connectivity index (χ0) is 12.7. The summed E-state index contributed by atoms with van der Waals surface area (Å²) in [6, 6.07) is 6.63. The summed E-state index contributed by atoms with van der Waals surface area (Å²) in [6.07, 6.45) is 1.47. The van der Waals surface area contributed by atoms with Crippen LogP contribution < -0.4 is 15.9 Å². The van der Waals surface area contributed by atoms with Crippen LogP contribution in [0, 0.1) is 0 Å². The molecule has 1 rings (SSSR count). The average Bonchev–Trinajstić information content (AvgIpc) is 2.27. The molecule has 0 aliphatic carbocycles. The molecule has 0 bridgehead atoms. The maximum atomic E-state index is 10.4. The van der Waals surface area contributed by atoms with Crippen molar-refractivity contribution in [2.45, 2.75) is 6.92 Å². The third kappa shape index (κ3) is 4.83. The lowest BCUT2D eigenvalue weighted by atomic mass is 10.2. The summed E-state index contributed by atoms with van der Waals surface area (Å²) in [5.41, 5.74) is 8.68. The Morgan fingerprint density at radius 2 is 2.29 bits per heavy atom. The third-order valence-electron chi connectivity index (χ3n) is 1.77. The van der Waals surface area contributed by atoms with E-state index in [1.54, 1.807) is 0 Å². The van der Waals surface area contributed by atoms with Gasteiger partial charge in [0.15, 0.2) is 0 Å². The van der Waals surface area contributed by atoms with Crippen molar-refractivity contribution in [3.63, 3.8) is 0 Å². The second kappa shape index (κ2) is 6.32. The predicted octanol–water partition coefficient (Wildman–Crippen LogP) is 1.64. The topological polar surface area (TPSA) is 76.7 Å².